The molecule has 1 N–H and O–H groups in total. The van der Waals surface area contributed by atoms with Gasteiger partial charge in [0.1, 0.15) is 9.88 Å². The average Bonchev–Trinajstić information content (AvgIpc) is 3.16. The summed E-state index contributed by atoms with van der Waals surface area (Å²) in [5.74, 6) is -0.0569. The molecule has 0 saturated heterocycles. The van der Waals surface area contributed by atoms with Crippen LogP contribution < -0.4 is 5.32 Å². The summed E-state index contributed by atoms with van der Waals surface area (Å²) in [7, 11) is 0. The van der Waals surface area contributed by atoms with Crippen LogP contribution in [0.5, 0.6) is 0 Å². The lowest BCUT2D eigenvalue weighted by atomic mass is 10.0. The van der Waals surface area contributed by atoms with E-state index in [0.29, 0.717) is 4.88 Å². The molecule has 0 unspecified atom stereocenters. The minimum absolute atomic E-state index is 0.0320. The molecule has 118 valence electrons. The van der Waals surface area contributed by atoms with Crippen LogP contribution in [0.4, 0.5) is 0 Å². The van der Waals surface area contributed by atoms with Gasteiger partial charge in [-0.1, -0.05) is 30.3 Å². The normalized spacial score (nSPS) is 12.1. The number of thiazole rings is 1. The van der Waals surface area contributed by atoms with Gasteiger partial charge in [0.2, 0.25) is 0 Å². The number of benzene rings is 1. The third-order valence-electron chi connectivity index (χ3n) is 3.74. The summed E-state index contributed by atoms with van der Waals surface area (Å²) in [6, 6.07) is 12.1. The Kier molecular flexibility index (Phi) is 4.59. The number of nitrogens with one attached hydrogen (secondary N) is 1. The first kappa shape index (κ1) is 15.9. The second kappa shape index (κ2) is 6.64. The maximum Gasteiger partial charge on any atom is 0.263 e. The molecule has 0 fully saturated rings. The lowest BCUT2D eigenvalue weighted by molar-refractivity contribution is 0.0943. The van der Waals surface area contributed by atoms with E-state index < -0.39 is 0 Å². The van der Waals surface area contributed by atoms with Crippen molar-refractivity contribution >= 4 is 28.6 Å². The Morgan fingerprint density at radius 3 is 2.65 bits per heavy atom. The molecule has 1 amide bonds. The van der Waals surface area contributed by atoms with Gasteiger partial charge in [0.15, 0.2) is 0 Å². The molecule has 3 rings (SSSR count). The number of aromatic nitrogens is 1. The highest BCUT2D eigenvalue weighted by atomic mass is 32.1. The summed E-state index contributed by atoms with van der Waals surface area (Å²) < 4.78 is 0. The van der Waals surface area contributed by atoms with Gasteiger partial charge in [-0.2, -0.15) is 0 Å². The maximum absolute atomic E-state index is 12.6. The van der Waals surface area contributed by atoms with Gasteiger partial charge in [-0.15, -0.1) is 22.7 Å². The predicted molar refractivity (Wildman–Crippen MR) is 97.2 cm³/mol. The highest BCUT2D eigenvalue weighted by molar-refractivity contribution is 7.22. The second-order valence-corrected chi connectivity index (χ2v) is 7.41. The highest BCUT2D eigenvalue weighted by Gasteiger charge is 2.19. The van der Waals surface area contributed by atoms with Crippen LogP contribution in [0.1, 0.15) is 39.5 Å². The molecule has 0 bridgehead atoms. The topological polar surface area (TPSA) is 42.0 Å². The predicted octanol–water partition coefficient (Wildman–Crippen LogP) is 4.98. The minimum atomic E-state index is -0.0569. The summed E-state index contributed by atoms with van der Waals surface area (Å²) in [5.41, 5.74) is 3.11. The zero-order chi connectivity index (χ0) is 16.4. The van der Waals surface area contributed by atoms with E-state index in [2.05, 4.69) is 29.4 Å². The van der Waals surface area contributed by atoms with Gasteiger partial charge in [-0.25, -0.2) is 4.98 Å². The van der Waals surface area contributed by atoms with Gasteiger partial charge in [0.25, 0.3) is 5.91 Å². The Balaban J connectivity index is 1.80. The molecule has 23 heavy (non-hydrogen) atoms. The lowest BCUT2D eigenvalue weighted by Crippen LogP contribution is -2.26. The monoisotopic (exact) mass is 342 g/mol. The number of hydrogen-bond donors (Lipinski definition) is 1. The van der Waals surface area contributed by atoms with Gasteiger partial charge in [-0.05, 0) is 43.3 Å². The van der Waals surface area contributed by atoms with Gasteiger partial charge < -0.3 is 5.32 Å². The number of amides is 1. The number of carbonyl (C=O) groups excluding carboxylic acids is 1. The zero-order valence-electron chi connectivity index (χ0n) is 13.3. The number of carbonyl (C=O) groups is 1. The standard InChI is InChI=1S/C18H18N2OS2/c1-11-7-4-5-8-14(11)12(2)19-17(21)16-13(3)20-18(23-16)15-9-6-10-22-15/h4-10,12H,1-3H3,(H,19,21)/t12-/m1/s1. The molecule has 0 spiro atoms. The largest absolute Gasteiger partial charge is 0.345 e. The third kappa shape index (κ3) is 3.35. The van der Waals surface area contributed by atoms with E-state index in [4.69, 9.17) is 0 Å². The van der Waals surface area contributed by atoms with Crippen molar-refractivity contribution in [2.24, 2.45) is 0 Å². The first-order chi connectivity index (χ1) is 11.1. The van der Waals surface area contributed by atoms with Crippen LogP contribution in [0.3, 0.4) is 0 Å². The van der Waals surface area contributed by atoms with Crippen LogP contribution in [0.25, 0.3) is 9.88 Å². The first-order valence-corrected chi connectivity index (χ1v) is 9.13. The number of hydrogen-bond acceptors (Lipinski definition) is 4. The van der Waals surface area contributed by atoms with Crippen molar-refractivity contribution in [3.05, 3.63) is 63.5 Å². The van der Waals surface area contributed by atoms with Crippen LogP contribution in [-0.2, 0) is 0 Å². The Labute approximate surface area is 144 Å². The van der Waals surface area contributed by atoms with Crippen molar-refractivity contribution in [3.8, 4) is 9.88 Å². The Bertz CT molecular complexity index is 821. The van der Waals surface area contributed by atoms with E-state index in [1.54, 1.807) is 11.3 Å². The van der Waals surface area contributed by atoms with E-state index in [1.165, 1.54) is 16.9 Å². The summed E-state index contributed by atoms with van der Waals surface area (Å²) in [6.07, 6.45) is 0. The molecule has 3 aromatic rings. The molecule has 0 saturated carbocycles. The second-order valence-electron chi connectivity index (χ2n) is 5.46. The Morgan fingerprint density at radius 2 is 1.96 bits per heavy atom. The van der Waals surface area contributed by atoms with E-state index in [0.717, 1.165) is 21.1 Å². The van der Waals surface area contributed by atoms with Crippen molar-refractivity contribution in [2.45, 2.75) is 26.8 Å². The molecule has 1 aromatic carbocycles. The van der Waals surface area contributed by atoms with E-state index in [9.17, 15) is 4.79 Å². The van der Waals surface area contributed by atoms with Crippen LogP contribution in [-0.4, -0.2) is 10.9 Å². The Morgan fingerprint density at radius 1 is 1.17 bits per heavy atom. The zero-order valence-corrected chi connectivity index (χ0v) is 14.9. The van der Waals surface area contributed by atoms with Gasteiger partial charge >= 0.3 is 0 Å². The fourth-order valence-electron chi connectivity index (χ4n) is 2.53. The average molecular weight is 342 g/mol. The maximum atomic E-state index is 12.6. The van der Waals surface area contributed by atoms with Crippen molar-refractivity contribution < 1.29 is 4.79 Å². The Hall–Kier alpha value is -1.98. The quantitative estimate of drug-likeness (QED) is 0.726. The van der Waals surface area contributed by atoms with E-state index >= 15 is 0 Å². The SMILES string of the molecule is Cc1ccccc1[C@@H](C)NC(=O)c1sc(-c2cccs2)nc1C. The fraction of sp³-hybridized carbons (Fsp3) is 0.222. The molecule has 0 aliphatic rings. The molecule has 3 nitrogen and oxygen atoms in total. The van der Waals surface area contributed by atoms with Gasteiger partial charge in [0.05, 0.1) is 16.6 Å². The molecule has 0 radical (unpaired) electrons. The third-order valence-corrected chi connectivity index (χ3v) is 5.93. The molecular formula is C18H18N2OS2. The molecule has 5 heteroatoms. The van der Waals surface area contributed by atoms with E-state index in [-0.39, 0.29) is 11.9 Å². The molecule has 0 aliphatic heterocycles. The van der Waals surface area contributed by atoms with Gasteiger partial charge in [0, 0.05) is 0 Å². The summed E-state index contributed by atoms with van der Waals surface area (Å²) in [6.45, 7) is 5.96. The van der Waals surface area contributed by atoms with Crippen molar-refractivity contribution in [1.82, 2.24) is 10.3 Å². The van der Waals surface area contributed by atoms with Crippen LogP contribution in [0.2, 0.25) is 0 Å². The van der Waals surface area contributed by atoms with Crippen LogP contribution in [0.15, 0.2) is 41.8 Å². The molecular weight excluding hydrogens is 324 g/mol. The molecule has 1 atom stereocenters. The smallest absolute Gasteiger partial charge is 0.263 e. The van der Waals surface area contributed by atoms with Crippen molar-refractivity contribution in [2.75, 3.05) is 0 Å². The number of aryl methyl sites for hydroxylation is 2. The minimum Gasteiger partial charge on any atom is -0.345 e. The summed E-state index contributed by atoms with van der Waals surface area (Å²) in [5, 5.41) is 6.02. The molecule has 0 aliphatic carbocycles. The van der Waals surface area contributed by atoms with Crippen molar-refractivity contribution in [1.29, 1.82) is 0 Å². The summed E-state index contributed by atoms with van der Waals surface area (Å²) >= 11 is 3.09. The van der Waals surface area contributed by atoms with Crippen LogP contribution >= 0.6 is 22.7 Å². The van der Waals surface area contributed by atoms with Gasteiger partial charge in [-0.3, -0.25) is 4.79 Å². The molecule has 2 heterocycles. The molecule has 2 aromatic heterocycles. The number of nitrogens with zero attached hydrogens (tertiary/aromatic N) is 1. The highest BCUT2D eigenvalue weighted by Crippen LogP contribution is 2.31. The van der Waals surface area contributed by atoms with E-state index in [1.807, 2.05) is 43.5 Å². The summed E-state index contributed by atoms with van der Waals surface area (Å²) in [4.78, 5) is 18.9. The van der Waals surface area contributed by atoms with Crippen molar-refractivity contribution in [3.63, 3.8) is 0 Å². The fourth-order valence-corrected chi connectivity index (χ4v) is 4.29. The van der Waals surface area contributed by atoms with Crippen LogP contribution in [0, 0.1) is 13.8 Å². The first-order valence-electron chi connectivity index (χ1n) is 7.44. The number of thiophene rings is 1. The lowest BCUT2D eigenvalue weighted by Gasteiger charge is -2.16. The number of rotatable bonds is 4.